The van der Waals surface area contributed by atoms with Crippen LogP contribution in [0.25, 0.3) is 27.5 Å². The highest BCUT2D eigenvalue weighted by Crippen LogP contribution is 2.33. The zero-order valence-corrected chi connectivity index (χ0v) is 13.7. The Morgan fingerprint density at radius 1 is 1.04 bits per heavy atom. The van der Waals surface area contributed by atoms with Gasteiger partial charge in [-0.1, -0.05) is 30.3 Å². The van der Waals surface area contributed by atoms with Crippen LogP contribution in [0.5, 0.6) is 0 Å². The van der Waals surface area contributed by atoms with Crippen LogP contribution in [0.2, 0.25) is 0 Å². The smallest absolute Gasteiger partial charge is 0.269 e. The number of hydrogen-bond donors (Lipinski definition) is 0. The molecule has 4 rings (SSSR count). The monoisotopic (exact) mass is 335 g/mol. The lowest BCUT2D eigenvalue weighted by atomic mass is 10.1. The normalized spacial score (nSPS) is 11.0. The van der Waals surface area contributed by atoms with Crippen molar-refractivity contribution >= 4 is 22.0 Å². The van der Waals surface area contributed by atoms with Crippen molar-refractivity contribution < 1.29 is 4.92 Å². The van der Waals surface area contributed by atoms with Crippen molar-refractivity contribution in [3.63, 3.8) is 0 Å². The molecule has 0 amide bonds. The van der Waals surface area contributed by atoms with E-state index in [-0.39, 0.29) is 5.69 Å². The van der Waals surface area contributed by atoms with Gasteiger partial charge in [-0.05, 0) is 24.6 Å². The van der Waals surface area contributed by atoms with E-state index in [0.29, 0.717) is 0 Å². The molecule has 0 spiro atoms. The van der Waals surface area contributed by atoms with E-state index in [2.05, 4.69) is 28.4 Å². The molecule has 5 nitrogen and oxygen atoms in total. The first-order chi connectivity index (χ1) is 11.6. The standard InChI is InChI=1S/C18H13N3O2S/c1-12-17(14-5-3-2-4-6-14)20-11-16(19-18(20)24-12)13-7-9-15(10-8-13)21(22)23/h2-11H,1H3. The highest BCUT2D eigenvalue weighted by molar-refractivity contribution is 7.17. The number of nitro benzene ring substituents is 1. The Bertz CT molecular complexity index is 1030. The fourth-order valence-electron chi connectivity index (χ4n) is 2.78. The van der Waals surface area contributed by atoms with E-state index in [1.165, 1.54) is 17.0 Å². The van der Waals surface area contributed by atoms with Gasteiger partial charge >= 0.3 is 0 Å². The first-order valence-electron chi connectivity index (χ1n) is 7.42. The van der Waals surface area contributed by atoms with Gasteiger partial charge in [0.05, 0.1) is 16.3 Å². The van der Waals surface area contributed by atoms with E-state index >= 15 is 0 Å². The van der Waals surface area contributed by atoms with Crippen molar-refractivity contribution in [1.29, 1.82) is 0 Å². The molecule has 0 radical (unpaired) electrons. The quantitative estimate of drug-likeness (QED) is 0.393. The van der Waals surface area contributed by atoms with Gasteiger partial charge in [-0.3, -0.25) is 14.5 Å². The third kappa shape index (κ3) is 2.37. The van der Waals surface area contributed by atoms with Crippen LogP contribution < -0.4 is 0 Å². The van der Waals surface area contributed by atoms with Gasteiger partial charge in [0.1, 0.15) is 0 Å². The van der Waals surface area contributed by atoms with Gasteiger partial charge in [-0.15, -0.1) is 11.3 Å². The third-order valence-corrected chi connectivity index (χ3v) is 4.88. The number of nitrogens with zero attached hydrogens (tertiary/aromatic N) is 3. The number of nitro groups is 1. The van der Waals surface area contributed by atoms with Crippen LogP contribution in [0.1, 0.15) is 4.88 Å². The molecule has 0 saturated heterocycles. The van der Waals surface area contributed by atoms with Gasteiger partial charge in [0.15, 0.2) is 4.96 Å². The molecule has 24 heavy (non-hydrogen) atoms. The van der Waals surface area contributed by atoms with Crippen molar-refractivity contribution in [3.05, 3.63) is 75.8 Å². The van der Waals surface area contributed by atoms with E-state index in [1.54, 1.807) is 23.5 Å². The summed E-state index contributed by atoms with van der Waals surface area (Å²) in [6.45, 7) is 2.09. The number of non-ortho nitro benzene ring substituents is 1. The molecule has 0 saturated carbocycles. The lowest BCUT2D eigenvalue weighted by Crippen LogP contribution is -1.87. The van der Waals surface area contributed by atoms with E-state index in [0.717, 1.165) is 27.5 Å². The second-order valence-electron chi connectivity index (χ2n) is 5.46. The Kier molecular flexibility index (Phi) is 3.39. The molecule has 0 aliphatic heterocycles. The van der Waals surface area contributed by atoms with Crippen molar-refractivity contribution in [3.8, 4) is 22.5 Å². The summed E-state index contributed by atoms with van der Waals surface area (Å²) in [7, 11) is 0. The molecule has 0 fully saturated rings. The Labute approximate surface area is 142 Å². The molecule has 0 bridgehead atoms. The van der Waals surface area contributed by atoms with E-state index in [9.17, 15) is 10.1 Å². The first kappa shape index (κ1) is 14.6. The largest absolute Gasteiger partial charge is 0.289 e. The maximum atomic E-state index is 10.8. The van der Waals surface area contributed by atoms with Crippen molar-refractivity contribution in [2.45, 2.75) is 6.92 Å². The van der Waals surface area contributed by atoms with E-state index in [1.807, 2.05) is 24.4 Å². The van der Waals surface area contributed by atoms with Gasteiger partial charge in [-0.2, -0.15) is 0 Å². The molecule has 118 valence electrons. The van der Waals surface area contributed by atoms with Crippen LogP contribution in [0.3, 0.4) is 0 Å². The van der Waals surface area contributed by atoms with Crippen LogP contribution >= 0.6 is 11.3 Å². The van der Waals surface area contributed by atoms with Gasteiger partial charge in [-0.25, -0.2) is 4.98 Å². The number of fused-ring (bicyclic) bond motifs is 1. The second kappa shape index (κ2) is 5.58. The molecule has 2 aromatic heterocycles. The van der Waals surface area contributed by atoms with Crippen molar-refractivity contribution in [2.75, 3.05) is 0 Å². The third-order valence-electron chi connectivity index (χ3n) is 3.91. The Balaban J connectivity index is 1.82. The molecule has 6 heteroatoms. The van der Waals surface area contributed by atoms with Crippen LogP contribution in [0.4, 0.5) is 5.69 Å². The number of hydrogen-bond acceptors (Lipinski definition) is 4. The summed E-state index contributed by atoms with van der Waals surface area (Å²) in [5.41, 5.74) is 4.05. The molecule has 0 aliphatic carbocycles. The molecule has 4 aromatic rings. The molecular formula is C18H13N3O2S. The van der Waals surface area contributed by atoms with Crippen LogP contribution in [0, 0.1) is 17.0 Å². The second-order valence-corrected chi connectivity index (χ2v) is 6.64. The zero-order chi connectivity index (χ0) is 16.7. The molecule has 0 atom stereocenters. The maximum absolute atomic E-state index is 10.8. The number of thiazole rings is 1. The van der Waals surface area contributed by atoms with Crippen LogP contribution in [-0.4, -0.2) is 14.3 Å². The summed E-state index contributed by atoms with van der Waals surface area (Å²) in [6, 6.07) is 16.7. The van der Waals surface area contributed by atoms with Gasteiger partial charge in [0, 0.05) is 28.8 Å². The number of aromatic nitrogens is 2. The highest BCUT2D eigenvalue weighted by Gasteiger charge is 2.15. The van der Waals surface area contributed by atoms with Crippen molar-refractivity contribution in [1.82, 2.24) is 9.38 Å². The van der Waals surface area contributed by atoms with Crippen LogP contribution in [0.15, 0.2) is 60.8 Å². The van der Waals surface area contributed by atoms with Gasteiger partial charge < -0.3 is 0 Å². The highest BCUT2D eigenvalue weighted by atomic mass is 32.1. The zero-order valence-electron chi connectivity index (χ0n) is 12.8. The predicted octanol–water partition coefficient (Wildman–Crippen LogP) is 4.95. The number of aryl methyl sites for hydroxylation is 1. The number of benzene rings is 2. The minimum atomic E-state index is -0.396. The summed E-state index contributed by atoms with van der Waals surface area (Å²) >= 11 is 1.64. The maximum Gasteiger partial charge on any atom is 0.269 e. The van der Waals surface area contributed by atoms with Crippen molar-refractivity contribution in [2.24, 2.45) is 0 Å². The molecule has 0 aliphatic rings. The van der Waals surface area contributed by atoms with Gasteiger partial charge in [0.25, 0.3) is 5.69 Å². The average molecular weight is 335 g/mol. The minimum absolute atomic E-state index is 0.0839. The number of imidazole rings is 1. The predicted molar refractivity (Wildman–Crippen MR) is 95.3 cm³/mol. The topological polar surface area (TPSA) is 60.4 Å². The molecule has 0 N–H and O–H groups in total. The van der Waals surface area contributed by atoms with E-state index < -0.39 is 4.92 Å². The Hall–Kier alpha value is -2.99. The average Bonchev–Trinajstić information content (AvgIpc) is 3.12. The molecule has 2 heterocycles. The summed E-state index contributed by atoms with van der Waals surface area (Å²) in [6.07, 6.45) is 1.99. The minimum Gasteiger partial charge on any atom is -0.289 e. The SMILES string of the molecule is Cc1sc2nc(-c3ccc([N+](=O)[O-])cc3)cn2c1-c1ccccc1. The Morgan fingerprint density at radius 2 is 1.75 bits per heavy atom. The summed E-state index contributed by atoms with van der Waals surface area (Å²) in [5.74, 6) is 0. The fourth-order valence-corrected chi connectivity index (χ4v) is 3.75. The molecule has 2 aromatic carbocycles. The number of rotatable bonds is 3. The van der Waals surface area contributed by atoms with Gasteiger partial charge in [0.2, 0.25) is 0 Å². The lowest BCUT2D eigenvalue weighted by Gasteiger charge is -2.01. The summed E-state index contributed by atoms with van der Waals surface area (Å²) in [4.78, 5) is 17.2. The van der Waals surface area contributed by atoms with E-state index in [4.69, 9.17) is 0 Å². The summed E-state index contributed by atoms with van der Waals surface area (Å²) < 4.78 is 2.09. The first-order valence-corrected chi connectivity index (χ1v) is 8.24. The molecule has 0 unspecified atom stereocenters. The lowest BCUT2D eigenvalue weighted by molar-refractivity contribution is -0.384. The Morgan fingerprint density at radius 3 is 2.42 bits per heavy atom. The van der Waals surface area contributed by atoms with Crippen LogP contribution in [-0.2, 0) is 0 Å². The fraction of sp³-hybridized carbons (Fsp3) is 0.0556. The molecular weight excluding hydrogens is 322 g/mol. The summed E-state index contributed by atoms with van der Waals surface area (Å²) in [5, 5.41) is 10.8.